The van der Waals surface area contributed by atoms with Gasteiger partial charge in [0.25, 0.3) is 0 Å². The Morgan fingerprint density at radius 2 is 1.70 bits per heavy atom. The first-order valence-corrected chi connectivity index (χ1v) is 8.19. The van der Waals surface area contributed by atoms with Gasteiger partial charge in [-0.15, -0.1) is 0 Å². The molecule has 0 unspecified atom stereocenters. The van der Waals surface area contributed by atoms with Gasteiger partial charge in [0.2, 0.25) is 0 Å². The maximum absolute atomic E-state index is 13.3. The van der Waals surface area contributed by atoms with Crippen LogP contribution in [0.1, 0.15) is 44.1 Å². The van der Waals surface area contributed by atoms with Gasteiger partial charge in [-0.25, -0.2) is 4.39 Å². The third-order valence-corrected chi connectivity index (χ3v) is 6.07. The fourth-order valence-corrected chi connectivity index (χ4v) is 5.47. The monoisotopic (exact) mass is 293 g/mol. The fourth-order valence-electron chi connectivity index (χ4n) is 5.29. The van der Waals surface area contributed by atoms with E-state index in [1.54, 1.807) is 12.1 Å². The second-order valence-electron chi connectivity index (χ2n) is 7.29. The van der Waals surface area contributed by atoms with Gasteiger partial charge < -0.3 is 5.32 Å². The lowest BCUT2D eigenvalue weighted by molar-refractivity contribution is -0.0206. The minimum Gasteiger partial charge on any atom is -0.307 e. The molecule has 4 aliphatic carbocycles. The Kier molecular flexibility index (Phi) is 3.08. The molecule has 0 aliphatic heterocycles. The molecule has 1 aromatic rings. The maximum atomic E-state index is 13.3. The molecule has 4 aliphatic rings. The van der Waals surface area contributed by atoms with Crippen molar-refractivity contribution < 1.29 is 4.39 Å². The molecule has 0 heterocycles. The maximum Gasteiger partial charge on any atom is 0.123 e. The lowest BCUT2D eigenvalue weighted by Gasteiger charge is -2.57. The Labute approximate surface area is 124 Å². The zero-order chi connectivity index (χ0) is 13.7. The molecule has 0 saturated heterocycles. The molecule has 5 rings (SSSR count). The van der Waals surface area contributed by atoms with E-state index in [9.17, 15) is 4.39 Å². The van der Waals surface area contributed by atoms with Gasteiger partial charge in [-0.2, -0.15) is 0 Å². The van der Waals surface area contributed by atoms with Gasteiger partial charge in [0.1, 0.15) is 5.82 Å². The van der Waals surface area contributed by atoms with Gasteiger partial charge in [-0.1, -0.05) is 11.6 Å². The summed E-state index contributed by atoms with van der Waals surface area (Å²) in [6.45, 7) is 0.697. The standard InChI is InChI=1S/C17H21ClFN/c18-16-2-1-15(19)6-14(16)10-20-17-7-11-3-12(8-17)5-13(4-11)9-17/h1-2,6,11-13,20H,3-5,7-10H2. The van der Waals surface area contributed by atoms with Crippen molar-refractivity contribution in [3.05, 3.63) is 34.6 Å². The first-order chi connectivity index (χ1) is 9.62. The quantitative estimate of drug-likeness (QED) is 0.863. The van der Waals surface area contributed by atoms with Crippen molar-refractivity contribution in [1.29, 1.82) is 0 Å². The highest BCUT2D eigenvalue weighted by Crippen LogP contribution is 2.55. The molecule has 4 fully saturated rings. The number of halogens is 2. The largest absolute Gasteiger partial charge is 0.307 e. The first-order valence-electron chi connectivity index (χ1n) is 7.81. The van der Waals surface area contributed by atoms with Crippen LogP contribution in [0.4, 0.5) is 4.39 Å². The van der Waals surface area contributed by atoms with Crippen molar-refractivity contribution in [3.63, 3.8) is 0 Å². The molecule has 1 nitrogen and oxygen atoms in total. The van der Waals surface area contributed by atoms with E-state index in [1.807, 2.05) is 0 Å². The topological polar surface area (TPSA) is 12.0 Å². The number of hydrogen-bond acceptors (Lipinski definition) is 1. The van der Waals surface area contributed by atoms with Crippen LogP contribution in [-0.2, 0) is 6.54 Å². The van der Waals surface area contributed by atoms with Gasteiger partial charge in [0.05, 0.1) is 0 Å². The Balaban J connectivity index is 1.50. The van der Waals surface area contributed by atoms with Crippen LogP contribution >= 0.6 is 11.6 Å². The molecule has 108 valence electrons. The van der Waals surface area contributed by atoms with Crippen molar-refractivity contribution in [2.45, 2.75) is 50.6 Å². The first kappa shape index (κ1) is 13.1. The lowest BCUT2D eigenvalue weighted by Crippen LogP contribution is -2.58. The third-order valence-electron chi connectivity index (χ3n) is 5.70. The van der Waals surface area contributed by atoms with E-state index in [0.717, 1.165) is 23.3 Å². The average Bonchev–Trinajstić information content (AvgIpc) is 2.38. The lowest BCUT2D eigenvalue weighted by atomic mass is 9.53. The summed E-state index contributed by atoms with van der Waals surface area (Å²) >= 11 is 6.18. The smallest absolute Gasteiger partial charge is 0.123 e. The van der Waals surface area contributed by atoms with E-state index in [2.05, 4.69) is 5.32 Å². The van der Waals surface area contributed by atoms with Crippen LogP contribution < -0.4 is 5.32 Å². The number of hydrogen-bond donors (Lipinski definition) is 1. The fraction of sp³-hybridized carbons (Fsp3) is 0.647. The molecular weight excluding hydrogens is 273 g/mol. The van der Waals surface area contributed by atoms with Crippen molar-refractivity contribution in [1.82, 2.24) is 5.32 Å². The van der Waals surface area contributed by atoms with E-state index < -0.39 is 0 Å². The highest BCUT2D eigenvalue weighted by molar-refractivity contribution is 6.31. The Morgan fingerprint density at radius 3 is 2.30 bits per heavy atom. The number of benzene rings is 1. The van der Waals surface area contributed by atoms with Crippen LogP contribution in [0.2, 0.25) is 5.02 Å². The highest BCUT2D eigenvalue weighted by atomic mass is 35.5. The Morgan fingerprint density at radius 1 is 1.10 bits per heavy atom. The predicted octanol–water partition coefficient (Wildman–Crippen LogP) is 4.54. The second-order valence-corrected chi connectivity index (χ2v) is 7.69. The summed E-state index contributed by atoms with van der Waals surface area (Å²) in [5.41, 5.74) is 1.20. The van der Waals surface area contributed by atoms with E-state index >= 15 is 0 Å². The van der Waals surface area contributed by atoms with Gasteiger partial charge in [0.15, 0.2) is 0 Å². The van der Waals surface area contributed by atoms with Gasteiger partial charge >= 0.3 is 0 Å². The average molecular weight is 294 g/mol. The van der Waals surface area contributed by atoms with Crippen LogP contribution in [0, 0.1) is 23.6 Å². The molecule has 3 heteroatoms. The van der Waals surface area contributed by atoms with E-state index in [0.29, 0.717) is 17.1 Å². The molecule has 1 N–H and O–H groups in total. The Hall–Kier alpha value is -0.600. The van der Waals surface area contributed by atoms with Crippen molar-refractivity contribution in [2.75, 3.05) is 0 Å². The normalized spacial score (nSPS) is 38.4. The molecule has 4 saturated carbocycles. The summed E-state index contributed by atoms with van der Waals surface area (Å²) < 4.78 is 13.3. The van der Waals surface area contributed by atoms with Crippen molar-refractivity contribution in [2.24, 2.45) is 17.8 Å². The number of nitrogens with one attached hydrogen (secondary N) is 1. The van der Waals surface area contributed by atoms with E-state index in [4.69, 9.17) is 11.6 Å². The minimum atomic E-state index is -0.197. The molecular formula is C17H21ClFN. The van der Waals surface area contributed by atoms with Crippen LogP contribution in [0.25, 0.3) is 0 Å². The van der Waals surface area contributed by atoms with Crippen molar-refractivity contribution >= 4 is 11.6 Å². The van der Waals surface area contributed by atoms with Crippen LogP contribution in [0.15, 0.2) is 18.2 Å². The number of rotatable bonds is 3. The zero-order valence-corrected chi connectivity index (χ0v) is 12.4. The molecule has 0 radical (unpaired) electrons. The summed E-state index contributed by atoms with van der Waals surface area (Å²) in [4.78, 5) is 0. The predicted molar refractivity (Wildman–Crippen MR) is 79.2 cm³/mol. The second kappa shape index (κ2) is 4.71. The highest BCUT2D eigenvalue weighted by Gasteiger charge is 2.50. The summed E-state index contributed by atoms with van der Waals surface area (Å²) in [5, 5.41) is 4.43. The van der Waals surface area contributed by atoms with Crippen molar-refractivity contribution in [3.8, 4) is 0 Å². The van der Waals surface area contributed by atoms with Gasteiger partial charge in [-0.3, -0.25) is 0 Å². The summed E-state index contributed by atoms with van der Waals surface area (Å²) in [6, 6.07) is 4.65. The zero-order valence-electron chi connectivity index (χ0n) is 11.7. The van der Waals surface area contributed by atoms with E-state index in [-0.39, 0.29) is 5.82 Å². The van der Waals surface area contributed by atoms with Crippen LogP contribution in [0.3, 0.4) is 0 Å². The van der Waals surface area contributed by atoms with E-state index in [1.165, 1.54) is 44.6 Å². The summed E-state index contributed by atoms with van der Waals surface area (Å²) in [7, 11) is 0. The molecule has 20 heavy (non-hydrogen) atoms. The molecule has 1 aromatic carbocycles. The Bertz CT molecular complexity index is 492. The van der Waals surface area contributed by atoms with Gasteiger partial charge in [0, 0.05) is 17.1 Å². The third kappa shape index (κ3) is 2.27. The molecule has 0 amide bonds. The molecule has 0 spiro atoms. The molecule has 0 atom stereocenters. The summed E-state index contributed by atoms with van der Waals surface area (Å²) in [5.74, 6) is 2.59. The molecule has 0 aromatic heterocycles. The SMILES string of the molecule is Fc1ccc(Cl)c(CNC23CC4CC(CC(C4)C2)C3)c1. The summed E-state index contributed by atoms with van der Waals surface area (Å²) in [6.07, 6.45) is 8.27. The van der Waals surface area contributed by atoms with Crippen LogP contribution in [0.5, 0.6) is 0 Å². The molecule has 4 bridgehead atoms. The van der Waals surface area contributed by atoms with Crippen LogP contribution in [-0.4, -0.2) is 5.54 Å². The van der Waals surface area contributed by atoms with Gasteiger partial charge in [-0.05, 0) is 80.0 Å². The minimum absolute atomic E-state index is 0.197.